The van der Waals surface area contributed by atoms with Crippen LogP contribution in [0.1, 0.15) is 46.5 Å². The van der Waals surface area contributed by atoms with E-state index in [4.69, 9.17) is 18.0 Å². The maximum Gasteiger partial charge on any atom is 0.504 e. The molecule has 1 heterocycles. The average molecular weight is 379 g/mol. The van der Waals surface area contributed by atoms with Gasteiger partial charge >= 0.3 is 8.80 Å². The summed E-state index contributed by atoms with van der Waals surface area (Å²) in [6.45, 7) is 8.43. The molecular formula is C21H34O4Si. The van der Waals surface area contributed by atoms with Gasteiger partial charge in [0.05, 0.1) is 12.2 Å². The summed E-state index contributed by atoms with van der Waals surface area (Å²) in [5.41, 5.74) is 0.544. The van der Waals surface area contributed by atoms with Crippen LogP contribution in [0.3, 0.4) is 0 Å². The third kappa shape index (κ3) is 2.00. The highest BCUT2D eigenvalue weighted by Gasteiger charge is 2.75. The minimum absolute atomic E-state index is 0.544. The highest BCUT2D eigenvalue weighted by molar-refractivity contribution is 6.62. The van der Waals surface area contributed by atoms with Gasteiger partial charge in [-0.1, -0.05) is 0 Å². The van der Waals surface area contributed by atoms with E-state index in [9.17, 15) is 0 Å². The van der Waals surface area contributed by atoms with Crippen LogP contribution < -0.4 is 0 Å². The Kier molecular flexibility index (Phi) is 3.78. The van der Waals surface area contributed by atoms with Gasteiger partial charge in [-0.05, 0) is 93.8 Å². The van der Waals surface area contributed by atoms with Crippen LogP contribution in [0, 0.1) is 47.3 Å². The molecule has 0 N–H and O–H groups in total. The van der Waals surface area contributed by atoms with Gasteiger partial charge in [-0.2, -0.15) is 0 Å². The Morgan fingerprint density at radius 1 is 0.692 bits per heavy atom. The average Bonchev–Trinajstić information content (AvgIpc) is 3.04. The van der Waals surface area contributed by atoms with Crippen molar-refractivity contribution in [3.05, 3.63) is 0 Å². The van der Waals surface area contributed by atoms with Crippen LogP contribution in [-0.2, 0) is 18.0 Å². The molecule has 0 radical (unpaired) electrons. The summed E-state index contributed by atoms with van der Waals surface area (Å²) in [4.78, 5) is 0. The molecule has 11 atom stereocenters. The first-order chi connectivity index (χ1) is 12.7. The van der Waals surface area contributed by atoms with Gasteiger partial charge in [0.15, 0.2) is 0 Å². The summed E-state index contributed by atoms with van der Waals surface area (Å²) in [6, 6.07) is 0. The number of ether oxygens (including phenoxy) is 1. The molecule has 5 heteroatoms. The summed E-state index contributed by atoms with van der Waals surface area (Å²) in [6.07, 6.45) is 7.00. The van der Waals surface area contributed by atoms with E-state index in [0.29, 0.717) is 37.6 Å². The second-order valence-electron chi connectivity index (χ2n) is 9.75. The Hall–Kier alpha value is 0.0569. The van der Waals surface area contributed by atoms with Crippen molar-refractivity contribution in [1.29, 1.82) is 0 Å². The Balaban J connectivity index is 1.30. The molecule has 4 nitrogen and oxygen atoms in total. The highest BCUT2D eigenvalue weighted by Crippen LogP contribution is 2.76. The second kappa shape index (κ2) is 5.79. The third-order valence-electron chi connectivity index (χ3n) is 9.21. The Morgan fingerprint density at radius 2 is 1.31 bits per heavy atom. The SMILES string of the molecule is CCO[Si](OCC)(OCC)C1CC2CC1C1C2CC2C3CC(C4OC34)C21. The van der Waals surface area contributed by atoms with Crippen molar-refractivity contribution in [2.24, 2.45) is 47.3 Å². The minimum atomic E-state index is -2.58. The molecule has 0 aromatic rings. The van der Waals surface area contributed by atoms with Gasteiger partial charge < -0.3 is 18.0 Å². The zero-order chi connectivity index (χ0) is 17.6. The quantitative estimate of drug-likeness (QED) is 0.500. The summed E-state index contributed by atoms with van der Waals surface area (Å²) in [5, 5.41) is 0. The number of hydrogen-bond acceptors (Lipinski definition) is 4. The van der Waals surface area contributed by atoms with E-state index in [1.165, 1.54) is 25.7 Å². The number of fused-ring (bicyclic) bond motifs is 14. The third-order valence-corrected chi connectivity index (χ3v) is 12.9. The monoisotopic (exact) mass is 378 g/mol. The van der Waals surface area contributed by atoms with Gasteiger partial charge in [0.2, 0.25) is 0 Å². The molecule has 26 heavy (non-hydrogen) atoms. The highest BCUT2D eigenvalue weighted by atomic mass is 28.4. The van der Waals surface area contributed by atoms with Crippen molar-refractivity contribution in [1.82, 2.24) is 0 Å². The molecule has 146 valence electrons. The molecule has 1 aliphatic heterocycles. The molecule has 6 rings (SSSR count). The fourth-order valence-electron chi connectivity index (χ4n) is 8.92. The van der Waals surface area contributed by atoms with Gasteiger partial charge in [-0.25, -0.2) is 0 Å². The molecule has 4 bridgehead atoms. The summed E-state index contributed by atoms with van der Waals surface area (Å²) < 4.78 is 25.2. The predicted octanol–water partition coefficient (Wildman–Crippen LogP) is 3.73. The van der Waals surface area contributed by atoms with Crippen LogP contribution >= 0.6 is 0 Å². The normalized spacial score (nSPS) is 55.3. The topological polar surface area (TPSA) is 40.2 Å². The lowest BCUT2D eigenvalue weighted by atomic mass is 9.72. The second-order valence-corrected chi connectivity index (χ2v) is 12.6. The fourth-order valence-corrected chi connectivity index (χ4v) is 12.5. The molecule has 5 aliphatic carbocycles. The van der Waals surface area contributed by atoms with Crippen LogP contribution in [0.2, 0.25) is 5.54 Å². The van der Waals surface area contributed by atoms with E-state index in [2.05, 4.69) is 20.8 Å². The first kappa shape index (κ1) is 17.0. The van der Waals surface area contributed by atoms with Crippen molar-refractivity contribution in [2.45, 2.75) is 64.2 Å². The van der Waals surface area contributed by atoms with Gasteiger partial charge in [-0.15, -0.1) is 0 Å². The van der Waals surface area contributed by atoms with E-state index in [1.807, 2.05) is 0 Å². The van der Waals surface area contributed by atoms with Crippen LogP contribution in [0.4, 0.5) is 0 Å². The minimum Gasteiger partial charge on any atom is -0.374 e. The van der Waals surface area contributed by atoms with E-state index < -0.39 is 8.80 Å². The molecule has 6 aliphatic rings. The van der Waals surface area contributed by atoms with Gasteiger partial charge in [0.25, 0.3) is 0 Å². The molecule has 0 aromatic carbocycles. The van der Waals surface area contributed by atoms with Gasteiger partial charge in [0, 0.05) is 25.4 Å². The molecule has 11 unspecified atom stereocenters. The molecular weight excluding hydrogens is 344 g/mol. The lowest BCUT2D eigenvalue weighted by Gasteiger charge is -2.42. The van der Waals surface area contributed by atoms with E-state index in [1.54, 1.807) is 0 Å². The lowest BCUT2D eigenvalue weighted by molar-refractivity contribution is 0.0400. The molecule has 0 amide bonds. The summed E-state index contributed by atoms with van der Waals surface area (Å²) >= 11 is 0. The van der Waals surface area contributed by atoms with Crippen molar-refractivity contribution >= 4 is 8.80 Å². The van der Waals surface area contributed by atoms with Crippen LogP contribution in [0.25, 0.3) is 0 Å². The van der Waals surface area contributed by atoms with Gasteiger partial charge in [-0.3, -0.25) is 0 Å². The first-order valence-electron chi connectivity index (χ1n) is 11.3. The Labute approximate surface area is 158 Å². The van der Waals surface area contributed by atoms with Crippen LogP contribution in [0.15, 0.2) is 0 Å². The van der Waals surface area contributed by atoms with E-state index in [-0.39, 0.29) is 0 Å². The summed E-state index contributed by atoms with van der Waals surface area (Å²) in [7, 11) is -2.58. The Morgan fingerprint density at radius 3 is 2.00 bits per heavy atom. The molecule has 1 saturated heterocycles. The maximum atomic E-state index is 6.37. The molecule has 0 aromatic heterocycles. The predicted molar refractivity (Wildman–Crippen MR) is 99.4 cm³/mol. The zero-order valence-corrected chi connectivity index (χ0v) is 17.4. The molecule has 6 fully saturated rings. The van der Waals surface area contributed by atoms with E-state index in [0.717, 1.165) is 47.3 Å². The smallest absolute Gasteiger partial charge is 0.374 e. The van der Waals surface area contributed by atoms with Crippen molar-refractivity contribution < 1.29 is 18.0 Å². The van der Waals surface area contributed by atoms with Crippen LogP contribution in [-0.4, -0.2) is 40.8 Å². The fraction of sp³-hybridized carbons (Fsp3) is 1.00. The van der Waals surface area contributed by atoms with Crippen molar-refractivity contribution in [3.63, 3.8) is 0 Å². The van der Waals surface area contributed by atoms with Gasteiger partial charge in [0.1, 0.15) is 0 Å². The van der Waals surface area contributed by atoms with Crippen molar-refractivity contribution in [2.75, 3.05) is 19.8 Å². The van der Waals surface area contributed by atoms with E-state index >= 15 is 0 Å². The number of rotatable bonds is 7. The lowest BCUT2D eigenvalue weighted by Crippen LogP contribution is -2.53. The number of epoxide rings is 1. The van der Waals surface area contributed by atoms with Crippen molar-refractivity contribution in [3.8, 4) is 0 Å². The van der Waals surface area contributed by atoms with Crippen LogP contribution in [0.5, 0.6) is 0 Å². The summed E-state index contributed by atoms with van der Waals surface area (Å²) in [5.74, 6) is 7.31. The molecule has 5 saturated carbocycles. The largest absolute Gasteiger partial charge is 0.504 e. The number of hydrogen-bond donors (Lipinski definition) is 0. The standard InChI is InChI=1S/C21H34O4Si/c1-4-22-26(23-5-2,24-6-3)17-8-11-7-15(17)18-12(11)9-13-14-10-16(19(13)18)21-20(14)25-21/h11-21H,4-10H2,1-3H3. The molecule has 0 spiro atoms. The first-order valence-corrected chi connectivity index (χ1v) is 13.1. The maximum absolute atomic E-state index is 6.37. The zero-order valence-electron chi connectivity index (χ0n) is 16.4. The Bertz CT molecular complexity index is 567.